The number of likely N-dealkylation sites (tertiary alicyclic amines) is 1. The number of nitrogens with two attached hydrogens (primary N) is 1. The zero-order valence-corrected chi connectivity index (χ0v) is 19.2. The fraction of sp³-hybridized carbons (Fsp3) is 0.650. The number of aliphatic carboxylic acids is 1. The summed E-state index contributed by atoms with van der Waals surface area (Å²) >= 11 is 3.95. The highest BCUT2D eigenvalue weighted by molar-refractivity contribution is 7.80. The minimum absolute atomic E-state index is 0.0718. The molecular weight excluding hydrogens is 436 g/mol. The summed E-state index contributed by atoms with van der Waals surface area (Å²) in [6.07, 6.45) is 4.86. The van der Waals surface area contributed by atoms with Crippen molar-refractivity contribution in [1.29, 1.82) is 0 Å². The molecule has 0 spiro atoms. The van der Waals surface area contributed by atoms with Gasteiger partial charge in [-0.2, -0.15) is 12.6 Å². The van der Waals surface area contributed by atoms with Crippen LogP contribution >= 0.6 is 12.6 Å². The Morgan fingerprint density at radius 3 is 2.62 bits per heavy atom. The maximum atomic E-state index is 13.4. The molecule has 0 saturated carbocycles. The first-order valence-corrected chi connectivity index (χ1v) is 11.3. The Balaban J connectivity index is 2.18. The van der Waals surface area contributed by atoms with Crippen molar-refractivity contribution in [1.82, 2.24) is 25.5 Å². The summed E-state index contributed by atoms with van der Waals surface area (Å²) in [4.78, 5) is 58.3. The zero-order valence-electron chi connectivity index (χ0n) is 18.3. The molecule has 0 bridgehead atoms. The van der Waals surface area contributed by atoms with Crippen molar-refractivity contribution in [3.05, 3.63) is 18.2 Å². The molecule has 1 aromatic heterocycles. The van der Waals surface area contributed by atoms with Gasteiger partial charge in [0.2, 0.25) is 17.7 Å². The van der Waals surface area contributed by atoms with E-state index in [1.807, 2.05) is 13.8 Å². The molecule has 0 aliphatic carbocycles. The number of thiol groups is 1. The molecular formula is C20H32N6O5S. The molecule has 1 saturated heterocycles. The monoisotopic (exact) mass is 468 g/mol. The van der Waals surface area contributed by atoms with E-state index in [1.54, 1.807) is 6.20 Å². The fourth-order valence-electron chi connectivity index (χ4n) is 3.55. The summed E-state index contributed by atoms with van der Waals surface area (Å²) in [5.74, 6) is -2.78. The Labute approximate surface area is 192 Å². The van der Waals surface area contributed by atoms with Crippen molar-refractivity contribution >= 4 is 36.3 Å². The number of carboxylic acid groups (broad SMARTS) is 1. The van der Waals surface area contributed by atoms with E-state index >= 15 is 0 Å². The molecule has 5 atom stereocenters. The van der Waals surface area contributed by atoms with Crippen LogP contribution in [0.25, 0.3) is 0 Å². The minimum Gasteiger partial charge on any atom is -0.480 e. The number of H-pyrrole nitrogens is 1. The number of hydrogen-bond donors (Lipinski definition) is 6. The summed E-state index contributed by atoms with van der Waals surface area (Å²) in [6, 6.07) is -3.71. The second kappa shape index (κ2) is 11.9. The minimum atomic E-state index is -1.20. The highest BCUT2D eigenvalue weighted by Gasteiger charge is 2.39. The maximum Gasteiger partial charge on any atom is 0.327 e. The second-order valence-corrected chi connectivity index (χ2v) is 8.39. The molecule has 3 amide bonds. The first-order chi connectivity index (χ1) is 15.2. The average Bonchev–Trinajstić information content (AvgIpc) is 3.47. The van der Waals surface area contributed by atoms with E-state index in [2.05, 4.69) is 33.2 Å². The fourth-order valence-corrected chi connectivity index (χ4v) is 3.80. The lowest BCUT2D eigenvalue weighted by atomic mass is 9.98. The van der Waals surface area contributed by atoms with Gasteiger partial charge in [-0.25, -0.2) is 9.78 Å². The van der Waals surface area contributed by atoms with Gasteiger partial charge in [0.15, 0.2) is 0 Å². The molecule has 1 aliphatic rings. The van der Waals surface area contributed by atoms with Gasteiger partial charge in [-0.15, -0.1) is 0 Å². The first-order valence-electron chi connectivity index (χ1n) is 10.7. The van der Waals surface area contributed by atoms with Gasteiger partial charge in [0, 0.05) is 30.6 Å². The molecule has 11 nitrogen and oxygen atoms in total. The Bertz CT molecular complexity index is 804. The van der Waals surface area contributed by atoms with E-state index in [1.165, 1.54) is 11.2 Å². The molecule has 1 aliphatic heterocycles. The van der Waals surface area contributed by atoms with Gasteiger partial charge < -0.3 is 31.4 Å². The lowest BCUT2D eigenvalue weighted by Gasteiger charge is -2.30. The molecule has 2 heterocycles. The topological polar surface area (TPSA) is 171 Å². The number of aromatic amines is 1. The molecule has 1 fully saturated rings. The number of aromatic nitrogens is 2. The van der Waals surface area contributed by atoms with Crippen molar-refractivity contribution in [3.8, 4) is 0 Å². The van der Waals surface area contributed by atoms with E-state index in [4.69, 9.17) is 5.73 Å². The quantitative estimate of drug-likeness (QED) is 0.233. The highest BCUT2D eigenvalue weighted by atomic mass is 32.1. The smallest absolute Gasteiger partial charge is 0.327 e. The predicted molar refractivity (Wildman–Crippen MR) is 120 cm³/mol. The number of carbonyl (C=O) groups excluding carboxylic acids is 3. The van der Waals surface area contributed by atoms with Gasteiger partial charge in [0.05, 0.1) is 12.4 Å². The predicted octanol–water partition coefficient (Wildman–Crippen LogP) is -0.699. The van der Waals surface area contributed by atoms with E-state index in [9.17, 15) is 24.3 Å². The van der Waals surface area contributed by atoms with Crippen molar-refractivity contribution in [2.24, 2.45) is 11.7 Å². The largest absolute Gasteiger partial charge is 0.480 e. The summed E-state index contributed by atoms with van der Waals surface area (Å²) < 4.78 is 0. The Morgan fingerprint density at radius 2 is 2.06 bits per heavy atom. The van der Waals surface area contributed by atoms with Gasteiger partial charge in [-0.1, -0.05) is 20.3 Å². The Morgan fingerprint density at radius 1 is 1.34 bits per heavy atom. The van der Waals surface area contributed by atoms with Crippen LogP contribution in [0.15, 0.2) is 12.5 Å². The number of carboxylic acids is 1. The second-order valence-electron chi connectivity index (χ2n) is 8.03. The molecule has 1 aromatic rings. The lowest BCUT2D eigenvalue weighted by Crippen LogP contribution is -2.58. The van der Waals surface area contributed by atoms with Crippen molar-refractivity contribution in [2.75, 3.05) is 12.3 Å². The zero-order chi connectivity index (χ0) is 23.8. The number of hydrogen-bond acceptors (Lipinski definition) is 7. The van der Waals surface area contributed by atoms with Crippen LogP contribution < -0.4 is 16.4 Å². The van der Waals surface area contributed by atoms with Crippen molar-refractivity contribution in [3.63, 3.8) is 0 Å². The summed E-state index contributed by atoms with van der Waals surface area (Å²) in [5.41, 5.74) is 6.68. The standard InChI is InChI=1S/C20H32N6O5S/c1-3-11(2)16(21)18(28)24-13(7-12-8-22-10-23-12)19(29)26-6-4-5-15(26)17(27)25-14(9-32)20(30)31/h8,10-11,13-16,32H,3-7,9,21H2,1-2H3,(H,22,23)(H,24,28)(H,25,27)(H,30,31). The third-order valence-electron chi connectivity index (χ3n) is 5.79. The molecule has 6 N–H and O–H groups in total. The number of rotatable bonds is 11. The van der Waals surface area contributed by atoms with Gasteiger partial charge in [0.25, 0.3) is 0 Å². The number of nitrogens with one attached hydrogen (secondary N) is 3. The molecule has 32 heavy (non-hydrogen) atoms. The normalized spacial score (nSPS) is 19.6. The molecule has 12 heteroatoms. The van der Waals surface area contributed by atoms with Gasteiger partial charge >= 0.3 is 5.97 Å². The number of amides is 3. The van der Waals surface area contributed by atoms with Crippen LogP contribution in [-0.2, 0) is 25.6 Å². The van der Waals surface area contributed by atoms with Crippen LogP contribution in [0.3, 0.4) is 0 Å². The average molecular weight is 469 g/mol. The number of nitrogens with zero attached hydrogens (tertiary/aromatic N) is 2. The summed E-state index contributed by atoms with van der Waals surface area (Å²) in [7, 11) is 0. The molecule has 2 rings (SSSR count). The summed E-state index contributed by atoms with van der Waals surface area (Å²) in [6.45, 7) is 4.10. The van der Waals surface area contributed by atoms with Crippen LogP contribution in [-0.4, -0.2) is 80.1 Å². The van der Waals surface area contributed by atoms with E-state index < -0.39 is 47.9 Å². The van der Waals surface area contributed by atoms with Crippen molar-refractivity contribution < 1.29 is 24.3 Å². The van der Waals surface area contributed by atoms with Gasteiger partial charge in [-0.05, 0) is 18.8 Å². The van der Waals surface area contributed by atoms with E-state index in [0.29, 0.717) is 31.5 Å². The van der Waals surface area contributed by atoms with Crippen LogP contribution in [0.4, 0.5) is 0 Å². The Hall–Kier alpha value is -2.60. The van der Waals surface area contributed by atoms with Crippen LogP contribution in [0.5, 0.6) is 0 Å². The van der Waals surface area contributed by atoms with E-state index in [0.717, 1.165) is 0 Å². The molecule has 178 valence electrons. The van der Waals surface area contributed by atoms with Crippen molar-refractivity contribution in [2.45, 2.75) is 63.7 Å². The molecule has 0 radical (unpaired) electrons. The number of carbonyl (C=O) groups is 4. The van der Waals surface area contributed by atoms with Gasteiger partial charge in [-0.3, -0.25) is 14.4 Å². The van der Waals surface area contributed by atoms with Crippen LogP contribution in [0.1, 0.15) is 38.8 Å². The molecule has 5 unspecified atom stereocenters. The lowest BCUT2D eigenvalue weighted by molar-refractivity contribution is -0.144. The van der Waals surface area contributed by atoms with Gasteiger partial charge in [0.1, 0.15) is 18.1 Å². The highest BCUT2D eigenvalue weighted by Crippen LogP contribution is 2.20. The summed E-state index contributed by atoms with van der Waals surface area (Å²) in [5, 5.41) is 14.3. The Kier molecular flexibility index (Phi) is 9.51. The molecule has 0 aromatic carbocycles. The van der Waals surface area contributed by atoms with E-state index in [-0.39, 0.29) is 18.1 Å². The first kappa shape index (κ1) is 25.7. The third kappa shape index (κ3) is 6.45. The SMILES string of the molecule is CCC(C)C(N)C(=O)NC(Cc1cnc[nH]1)C(=O)N1CCCC1C(=O)NC(CS)C(=O)O. The van der Waals surface area contributed by atoms with Crippen LogP contribution in [0, 0.1) is 5.92 Å². The van der Waals surface area contributed by atoms with Crippen LogP contribution in [0.2, 0.25) is 0 Å². The maximum absolute atomic E-state index is 13.4. The number of imidazole rings is 1. The third-order valence-corrected chi connectivity index (χ3v) is 6.15.